The van der Waals surface area contributed by atoms with Crippen LogP contribution in [0.1, 0.15) is 24.2 Å². The molecular weight excluding hydrogens is 308 g/mol. The first-order valence-electron chi connectivity index (χ1n) is 8.29. The molecule has 1 amide bonds. The van der Waals surface area contributed by atoms with Gasteiger partial charge in [0.2, 0.25) is 0 Å². The van der Waals surface area contributed by atoms with Crippen LogP contribution in [-0.2, 0) is 9.53 Å². The highest BCUT2D eigenvalue weighted by atomic mass is 16.5. The molecule has 0 aromatic carbocycles. The van der Waals surface area contributed by atoms with Crippen LogP contribution < -0.4 is 0 Å². The van der Waals surface area contributed by atoms with E-state index in [1.54, 1.807) is 11.8 Å². The van der Waals surface area contributed by atoms with Gasteiger partial charge in [0, 0.05) is 19.3 Å². The molecule has 3 rings (SSSR count). The third-order valence-electron chi connectivity index (χ3n) is 4.92. The second-order valence-electron chi connectivity index (χ2n) is 6.49. The smallest absolute Gasteiger partial charge is 0.309 e. The molecule has 128 valence electrons. The lowest BCUT2D eigenvalue weighted by Crippen LogP contribution is -2.37. The van der Waals surface area contributed by atoms with Crippen molar-refractivity contribution < 1.29 is 19.4 Å². The lowest BCUT2D eigenvalue weighted by molar-refractivity contribution is -0.152. The number of carbonyl (C=O) groups is 2. The summed E-state index contributed by atoms with van der Waals surface area (Å²) in [6.45, 7) is 5.26. The summed E-state index contributed by atoms with van der Waals surface area (Å²) in [5.41, 5.74) is 0.360. The fourth-order valence-electron chi connectivity index (χ4n) is 3.79. The number of ether oxygens (including phenoxy) is 1. The lowest BCUT2D eigenvalue weighted by atomic mass is 9.72. The molecule has 4 atom stereocenters. The van der Waals surface area contributed by atoms with Crippen LogP contribution in [0.2, 0.25) is 0 Å². The zero-order chi connectivity index (χ0) is 17.3. The summed E-state index contributed by atoms with van der Waals surface area (Å²) in [5, 5.41) is 9.51. The van der Waals surface area contributed by atoms with E-state index in [1.165, 1.54) is 18.5 Å². The number of fused-ring (bicyclic) bond motifs is 1. The van der Waals surface area contributed by atoms with Crippen molar-refractivity contribution in [1.82, 2.24) is 9.88 Å². The fraction of sp³-hybridized carbons (Fsp3) is 0.500. The minimum absolute atomic E-state index is 0.0321. The fourth-order valence-corrected chi connectivity index (χ4v) is 3.79. The molecule has 1 aliphatic carbocycles. The zero-order valence-electron chi connectivity index (χ0n) is 13.9. The first-order chi connectivity index (χ1) is 11.5. The molecule has 0 spiro atoms. The van der Waals surface area contributed by atoms with Gasteiger partial charge in [0.15, 0.2) is 0 Å². The Balaban J connectivity index is 1.79. The zero-order valence-corrected chi connectivity index (χ0v) is 13.9. The highest BCUT2D eigenvalue weighted by molar-refractivity contribution is 5.94. The Hall–Kier alpha value is -2.37. The third-order valence-corrected chi connectivity index (χ3v) is 4.92. The molecule has 1 aromatic heterocycles. The molecule has 6 nitrogen and oxygen atoms in total. The van der Waals surface area contributed by atoms with E-state index in [9.17, 15) is 14.7 Å². The van der Waals surface area contributed by atoms with E-state index in [1.807, 2.05) is 13.0 Å². The van der Waals surface area contributed by atoms with E-state index in [2.05, 4.69) is 11.1 Å². The van der Waals surface area contributed by atoms with Gasteiger partial charge in [0.1, 0.15) is 5.75 Å². The summed E-state index contributed by atoms with van der Waals surface area (Å²) in [4.78, 5) is 30.6. The van der Waals surface area contributed by atoms with Crippen LogP contribution >= 0.6 is 0 Å². The van der Waals surface area contributed by atoms with E-state index < -0.39 is 0 Å². The SMILES string of the molecule is CCOC(=O)[C@@H]1[C@H]2CN(C(=O)c3cncc(O)c3)C[C@@H]2C=C[C@@H]1C. The summed E-state index contributed by atoms with van der Waals surface area (Å²) in [5.74, 6) is -0.282. The second kappa shape index (κ2) is 6.63. The highest BCUT2D eigenvalue weighted by Gasteiger charge is 2.46. The van der Waals surface area contributed by atoms with Crippen molar-refractivity contribution in [3.8, 4) is 5.75 Å². The molecule has 1 saturated heterocycles. The number of carbonyl (C=O) groups excluding carboxylic acids is 2. The minimum atomic E-state index is -0.222. The Morgan fingerprint density at radius 2 is 2.12 bits per heavy atom. The highest BCUT2D eigenvalue weighted by Crippen LogP contribution is 2.40. The second-order valence-corrected chi connectivity index (χ2v) is 6.49. The van der Waals surface area contributed by atoms with Crippen LogP contribution in [-0.4, -0.2) is 46.6 Å². The molecule has 0 saturated carbocycles. The van der Waals surface area contributed by atoms with Gasteiger partial charge in [-0.2, -0.15) is 0 Å². The normalized spacial score (nSPS) is 28.5. The molecule has 24 heavy (non-hydrogen) atoms. The van der Waals surface area contributed by atoms with Gasteiger partial charge < -0.3 is 14.7 Å². The Morgan fingerprint density at radius 3 is 2.83 bits per heavy atom. The van der Waals surface area contributed by atoms with Crippen LogP contribution in [0.25, 0.3) is 0 Å². The minimum Gasteiger partial charge on any atom is -0.506 e. The van der Waals surface area contributed by atoms with E-state index in [0.717, 1.165) is 0 Å². The number of nitrogens with zero attached hydrogens (tertiary/aromatic N) is 2. The van der Waals surface area contributed by atoms with Gasteiger partial charge >= 0.3 is 5.97 Å². The topological polar surface area (TPSA) is 79.7 Å². The van der Waals surface area contributed by atoms with Crippen LogP contribution in [0, 0.1) is 23.7 Å². The van der Waals surface area contributed by atoms with Crippen molar-refractivity contribution in [3.05, 3.63) is 36.2 Å². The molecular formula is C18H22N2O4. The van der Waals surface area contributed by atoms with E-state index >= 15 is 0 Å². The molecule has 2 heterocycles. The molecule has 6 heteroatoms. The average molecular weight is 330 g/mol. The number of rotatable bonds is 3. The summed E-state index contributed by atoms with van der Waals surface area (Å²) in [7, 11) is 0. The van der Waals surface area contributed by atoms with Gasteiger partial charge in [0.05, 0.1) is 24.3 Å². The number of hydrogen-bond donors (Lipinski definition) is 1. The first kappa shape index (κ1) is 16.5. The van der Waals surface area contributed by atoms with E-state index in [0.29, 0.717) is 25.3 Å². The summed E-state index contributed by atoms with van der Waals surface area (Å²) >= 11 is 0. The number of esters is 1. The van der Waals surface area contributed by atoms with Gasteiger partial charge in [-0.1, -0.05) is 19.1 Å². The summed E-state index contributed by atoms with van der Waals surface area (Å²) in [6.07, 6.45) is 6.90. The van der Waals surface area contributed by atoms with Gasteiger partial charge in [0.25, 0.3) is 5.91 Å². The number of aromatic nitrogens is 1. The molecule has 1 fully saturated rings. The summed E-state index contributed by atoms with van der Waals surface area (Å²) in [6, 6.07) is 1.42. The number of hydrogen-bond acceptors (Lipinski definition) is 5. The number of amides is 1. The predicted octanol–water partition coefficient (Wildman–Crippen LogP) is 1.86. The van der Waals surface area contributed by atoms with Gasteiger partial charge in [-0.3, -0.25) is 14.6 Å². The molecule has 0 unspecified atom stereocenters. The lowest BCUT2D eigenvalue weighted by Gasteiger charge is -2.31. The molecule has 0 bridgehead atoms. The first-order valence-corrected chi connectivity index (χ1v) is 8.29. The maximum Gasteiger partial charge on any atom is 0.309 e. The van der Waals surface area contributed by atoms with Crippen LogP contribution in [0.15, 0.2) is 30.6 Å². The van der Waals surface area contributed by atoms with Crippen molar-refractivity contribution in [1.29, 1.82) is 0 Å². The number of pyridine rings is 1. The quantitative estimate of drug-likeness (QED) is 0.676. The number of aromatic hydroxyl groups is 1. The summed E-state index contributed by atoms with van der Waals surface area (Å²) < 4.78 is 5.24. The molecule has 1 aliphatic heterocycles. The Labute approximate surface area is 141 Å². The molecule has 0 radical (unpaired) electrons. The number of allylic oxidation sites excluding steroid dienone is 1. The van der Waals surface area contributed by atoms with Crippen LogP contribution in [0.5, 0.6) is 5.75 Å². The Bertz CT molecular complexity index is 673. The van der Waals surface area contributed by atoms with E-state index in [-0.39, 0.29) is 41.3 Å². The van der Waals surface area contributed by atoms with Crippen LogP contribution in [0.4, 0.5) is 0 Å². The average Bonchev–Trinajstić information content (AvgIpc) is 2.98. The standard InChI is InChI=1S/C18H22N2O4/c1-3-24-18(23)16-11(2)4-5-12-9-20(10-15(12)16)17(22)13-6-14(21)8-19-7-13/h4-8,11-12,15-16,21H,3,9-10H2,1-2H3/t11-,12-,15-,16-/m0/s1. The van der Waals surface area contributed by atoms with Gasteiger partial charge in [-0.25, -0.2) is 0 Å². The largest absolute Gasteiger partial charge is 0.506 e. The van der Waals surface area contributed by atoms with Crippen molar-refractivity contribution in [3.63, 3.8) is 0 Å². The molecule has 1 aromatic rings. The van der Waals surface area contributed by atoms with Gasteiger partial charge in [-0.05, 0) is 30.7 Å². The molecule has 1 N–H and O–H groups in total. The maximum atomic E-state index is 12.7. The van der Waals surface area contributed by atoms with Crippen molar-refractivity contribution in [2.45, 2.75) is 13.8 Å². The van der Waals surface area contributed by atoms with Crippen molar-refractivity contribution in [2.24, 2.45) is 23.7 Å². The molecule has 2 aliphatic rings. The third kappa shape index (κ3) is 3.00. The van der Waals surface area contributed by atoms with Gasteiger partial charge in [-0.15, -0.1) is 0 Å². The Morgan fingerprint density at radius 1 is 1.33 bits per heavy atom. The van der Waals surface area contributed by atoms with E-state index in [4.69, 9.17) is 4.74 Å². The monoisotopic (exact) mass is 330 g/mol. The van der Waals surface area contributed by atoms with Crippen LogP contribution in [0.3, 0.4) is 0 Å². The van der Waals surface area contributed by atoms with Crippen molar-refractivity contribution >= 4 is 11.9 Å². The van der Waals surface area contributed by atoms with Crippen molar-refractivity contribution in [2.75, 3.05) is 19.7 Å². The number of likely N-dealkylation sites (tertiary alicyclic amines) is 1. The Kier molecular flexibility index (Phi) is 4.55. The maximum absolute atomic E-state index is 12.7. The predicted molar refractivity (Wildman–Crippen MR) is 87.2 cm³/mol.